The highest BCUT2D eigenvalue weighted by Crippen LogP contribution is 2.17. The molecular formula is C15H21N3O4S. The lowest BCUT2D eigenvalue weighted by molar-refractivity contribution is -0.139. The van der Waals surface area contributed by atoms with Gasteiger partial charge in [0, 0.05) is 36.4 Å². The molecule has 0 aromatic carbocycles. The molecule has 0 saturated carbocycles. The van der Waals surface area contributed by atoms with Gasteiger partial charge in [0.25, 0.3) is 0 Å². The third-order valence-electron chi connectivity index (χ3n) is 3.52. The van der Waals surface area contributed by atoms with Gasteiger partial charge in [-0.25, -0.2) is 4.79 Å². The Kier molecular flexibility index (Phi) is 6.12. The molecule has 0 aliphatic carbocycles. The van der Waals surface area contributed by atoms with Crippen molar-refractivity contribution in [3.05, 3.63) is 21.9 Å². The average Bonchev–Trinajstić information content (AvgIpc) is 2.92. The van der Waals surface area contributed by atoms with E-state index in [1.807, 2.05) is 19.1 Å². The molecule has 7 nitrogen and oxygen atoms in total. The van der Waals surface area contributed by atoms with Crippen LogP contribution < -0.4 is 5.32 Å². The van der Waals surface area contributed by atoms with Gasteiger partial charge in [-0.1, -0.05) is 0 Å². The molecule has 1 aliphatic heterocycles. The summed E-state index contributed by atoms with van der Waals surface area (Å²) in [6, 6.07) is 3.47. The van der Waals surface area contributed by atoms with Gasteiger partial charge < -0.3 is 15.0 Å². The first-order chi connectivity index (χ1) is 11.0. The number of methoxy groups -OCH3 is 1. The standard InChI is InChI=1S/C15H21N3O4S/c1-11-3-4-12(23-11)9-17(7-8-22-2)14(20)10-18-13(19)5-6-16-15(18)21/h3-4H,5-10H2,1-2H3,(H,16,21). The van der Waals surface area contributed by atoms with E-state index in [4.69, 9.17) is 4.74 Å². The van der Waals surface area contributed by atoms with Crippen molar-refractivity contribution < 1.29 is 19.1 Å². The number of nitrogens with zero attached hydrogens (tertiary/aromatic N) is 2. The van der Waals surface area contributed by atoms with Crippen LogP contribution in [0, 0.1) is 6.92 Å². The lowest BCUT2D eigenvalue weighted by Gasteiger charge is -2.28. The summed E-state index contributed by atoms with van der Waals surface area (Å²) in [5, 5.41) is 2.58. The molecule has 1 N–H and O–H groups in total. The van der Waals surface area contributed by atoms with Crippen molar-refractivity contribution in [2.45, 2.75) is 19.9 Å². The monoisotopic (exact) mass is 339 g/mol. The smallest absolute Gasteiger partial charge is 0.324 e. The SMILES string of the molecule is COCCN(Cc1ccc(C)s1)C(=O)CN1C(=O)CCNC1=O. The molecule has 0 bridgehead atoms. The van der Waals surface area contributed by atoms with Crippen LogP contribution in [0.2, 0.25) is 0 Å². The van der Waals surface area contributed by atoms with Crippen molar-refractivity contribution >= 4 is 29.2 Å². The first-order valence-corrected chi connectivity index (χ1v) is 8.23. The molecule has 2 rings (SSSR count). The highest BCUT2D eigenvalue weighted by atomic mass is 32.1. The lowest BCUT2D eigenvalue weighted by Crippen LogP contribution is -2.53. The highest BCUT2D eigenvalue weighted by molar-refractivity contribution is 7.11. The lowest BCUT2D eigenvalue weighted by atomic mass is 10.3. The summed E-state index contributed by atoms with van der Waals surface area (Å²) >= 11 is 1.62. The molecule has 1 fully saturated rings. The van der Waals surface area contributed by atoms with Crippen molar-refractivity contribution in [2.75, 3.05) is 33.4 Å². The first-order valence-electron chi connectivity index (χ1n) is 7.41. The second kappa shape index (κ2) is 8.07. The van der Waals surface area contributed by atoms with E-state index in [1.165, 1.54) is 4.88 Å². The zero-order valence-electron chi connectivity index (χ0n) is 13.3. The normalized spacial score (nSPS) is 14.8. The van der Waals surface area contributed by atoms with Gasteiger partial charge in [0.15, 0.2) is 0 Å². The third kappa shape index (κ3) is 4.77. The van der Waals surface area contributed by atoms with E-state index in [0.717, 1.165) is 9.78 Å². The number of carbonyl (C=O) groups is 3. The van der Waals surface area contributed by atoms with Crippen LogP contribution in [-0.4, -0.2) is 61.0 Å². The maximum atomic E-state index is 12.5. The van der Waals surface area contributed by atoms with Crippen LogP contribution in [0.3, 0.4) is 0 Å². The number of urea groups is 1. The number of amides is 4. The fourth-order valence-corrected chi connectivity index (χ4v) is 3.17. The summed E-state index contributed by atoms with van der Waals surface area (Å²) < 4.78 is 5.05. The molecule has 0 radical (unpaired) electrons. The number of thiophene rings is 1. The van der Waals surface area contributed by atoms with E-state index < -0.39 is 6.03 Å². The quantitative estimate of drug-likeness (QED) is 0.803. The zero-order valence-corrected chi connectivity index (χ0v) is 14.1. The Morgan fingerprint density at radius 1 is 1.43 bits per heavy atom. The number of aryl methyl sites for hydroxylation is 1. The van der Waals surface area contributed by atoms with E-state index in [1.54, 1.807) is 23.3 Å². The second-order valence-electron chi connectivity index (χ2n) is 5.28. The van der Waals surface area contributed by atoms with Gasteiger partial charge in [-0.15, -0.1) is 11.3 Å². The number of rotatable bonds is 7. The zero-order chi connectivity index (χ0) is 16.8. The van der Waals surface area contributed by atoms with Crippen molar-refractivity contribution in [1.29, 1.82) is 0 Å². The van der Waals surface area contributed by atoms with Gasteiger partial charge >= 0.3 is 6.03 Å². The van der Waals surface area contributed by atoms with E-state index in [0.29, 0.717) is 26.2 Å². The van der Waals surface area contributed by atoms with Crippen LogP contribution in [0.25, 0.3) is 0 Å². The summed E-state index contributed by atoms with van der Waals surface area (Å²) in [7, 11) is 1.57. The Morgan fingerprint density at radius 2 is 2.22 bits per heavy atom. The molecule has 126 valence electrons. The Hall–Kier alpha value is -1.93. The molecule has 23 heavy (non-hydrogen) atoms. The summed E-state index contributed by atoms with van der Waals surface area (Å²) in [5.74, 6) is -0.584. The molecule has 0 spiro atoms. The van der Waals surface area contributed by atoms with Gasteiger partial charge in [-0.05, 0) is 19.1 Å². The third-order valence-corrected chi connectivity index (χ3v) is 4.50. The minimum Gasteiger partial charge on any atom is -0.383 e. The van der Waals surface area contributed by atoms with Crippen molar-refractivity contribution in [3.63, 3.8) is 0 Å². The Bertz CT molecular complexity index is 571. The summed E-state index contributed by atoms with van der Waals surface area (Å²) in [6.45, 7) is 3.35. The second-order valence-corrected chi connectivity index (χ2v) is 6.65. The van der Waals surface area contributed by atoms with Gasteiger partial charge in [0.2, 0.25) is 11.8 Å². The number of carbonyl (C=O) groups excluding carboxylic acids is 3. The number of imide groups is 1. The van der Waals surface area contributed by atoms with Crippen LogP contribution in [0.5, 0.6) is 0 Å². The minimum atomic E-state index is -0.506. The summed E-state index contributed by atoms with van der Waals surface area (Å²) in [5.41, 5.74) is 0. The Morgan fingerprint density at radius 3 is 2.83 bits per heavy atom. The molecule has 2 heterocycles. The average molecular weight is 339 g/mol. The summed E-state index contributed by atoms with van der Waals surface area (Å²) in [6.07, 6.45) is 0.223. The number of ether oxygens (including phenoxy) is 1. The van der Waals surface area contributed by atoms with Gasteiger partial charge in [0.05, 0.1) is 13.2 Å². The van der Waals surface area contributed by atoms with Gasteiger partial charge in [-0.3, -0.25) is 14.5 Å². The van der Waals surface area contributed by atoms with Gasteiger partial charge in [0.1, 0.15) is 6.54 Å². The maximum Gasteiger partial charge on any atom is 0.324 e. The number of nitrogens with one attached hydrogen (secondary N) is 1. The topological polar surface area (TPSA) is 79.0 Å². The molecule has 1 aliphatic rings. The first kappa shape index (κ1) is 17.4. The van der Waals surface area contributed by atoms with E-state index in [2.05, 4.69) is 5.32 Å². The Balaban J connectivity index is 2.03. The minimum absolute atomic E-state index is 0.223. The van der Waals surface area contributed by atoms with Crippen LogP contribution >= 0.6 is 11.3 Å². The summed E-state index contributed by atoms with van der Waals surface area (Å²) in [4.78, 5) is 40.9. The molecule has 0 atom stereocenters. The molecular weight excluding hydrogens is 318 g/mol. The number of hydrogen-bond donors (Lipinski definition) is 1. The molecule has 8 heteroatoms. The Labute approximate surface area is 139 Å². The van der Waals surface area contributed by atoms with Crippen LogP contribution in [-0.2, 0) is 20.9 Å². The molecule has 0 unspecified atom stereocenters. The highest BCUT2D eigenvalue weighted by Gasteiger charge is 2.29. The van der Waals surface area contributed by atoms with Gasteiger partial charge in [-0.2, -0.15) is 0 Å². The van der Waals surface area contributed by atoms with E-state index in [-0.39, 0.29) is 24.8 Å². The maximum absolute atomic E-state index is 12.5. The van der Waals surface area contributed by atoms with Crippen molar-refractivity contribution in [3.8, 4) is 0 Å². The molecule has 1 aromatic rings. The predicted octanol–water partition coefficient (Wildman–Crippen LogP) is 0.973. The van der Waals surface area contributed by atoms with E-state index >= 15 is 0 Å². The van der Waals surface area contributed by atoms with Crippen molar-refractivity contribution in [1.82, 2.24) is 15.1 Å². The molecule has 4 amide bonds. The van der Waals surface area contributed by atoms with Crippen LogP contribution in [0.1, 0.15) is 16.2 Å². The number of hydrogen-bond acceptors (Lipinski definition) is 5. The van der Waals surface area contributed by atoms with Crippen LogP contribution in [0.15, 0.2) is 12.1 Å². The van der Waals surface area contributed by atoms with E-state index in [9.17, 15) is 14.4 Å². The van der Waals surface area contributed by atoms with Crippen LogP contribution in [0.4, 0.5) is 4.79 Å². The fourth-order valence-electron chi connectivity index (χ4n) is 2.27. The molecule has 1 saturated heterocycles. The molecule has 1 aromatic heterocycles. The largest absolute Gasteiger partial charge is 0.383 e. The predicted molar refractivity (Wildman–Crippen MR) is 86.1 cm³/mol. The van der Waals surface area contributed by atoms with Crippen molar-refractivity contribution in [2.24, 2.45) is 0 Å². The fraction of sp³-hybridized carbons (Fsp3) is 0.533.